The van der Waals surface area contributed by atoms with Gasteiger partial charge in [0.2, 0.25) is 0 Å². The number of amides is 1. The van der Waals surface area contributed by atoms with E-state index in [-0.39, 0.29) is 12.5 Å². The zero-order valence-corrected chi connectivity index (χ0v) is 13.5. The summed E-state index contributed by atoms with van der Waals surface area (Å²) in [6, 6.07) is 9.03. The van der Waals surface area contributed by atoms with Crippen LogP contribution < -0.4 is 5.32 Å². The summed E-state index contributed by atoms with van der Waals surface area (Å²) < 4.78 is 10.3. The number of carbonyl (C=O) groups excluding carboxylic acids is 2. The first-order valence-electron chi connectivity index (χ1n) is 6.67. The molecule has 0 aliphatic rings. The van der Waals surface area contributed by atoms with E-state index in [1.165, 1.54) is 0 Å². The van der Waals surface area contributed by atoms with Crippen molar-refractivity contribution in [3.63, 3.8) is 0 Å². The molecule has 1 N–H and O–H groups in total. The normalized spacial score (nSPS) is 10.3. The minimum absolute atomic E-state index is 0.341. The standard InChI is InChI=1S/C16H17NO4S/c1-10-7-14(11(2)21-10)16(19)20-9-15(18)17-12-5-4-6-13(8-12)22-3/h4-8H,9H2,1-3H3,(H,17,18). The fraction of sp³-hybridized carbons (Fsp3) is 0.250. The Bertz CT molecular complexity index is 693. The zero-order valence-electron chi connectivity index (χ0n) is 12.6. The third kappa shape index (κ3) is 4.14. The molecule has 0 atom stereocenters. The van der Waals surface area contributed by atoms with Gasteiger partial charge in [0.1, 0.15) is 17.1 Å². The van der Waals surface area contributed by atoms with E-state index in [1.54, 1.807) is 37.7 Å². The molecule has 0 saturated heterocycles. The maximum Gasteiger partial charge on any atom is 0.342 e. The molecule has 0 unspecified atom stereocenters. The second kappa shape index (κ2) is 7.17. The predicted octanol–water partition coefficient (Wildman–Crippen LogP) is 3.41. The number of carbonyl (C=O) groups is 2. The largest absolute Gasteiger partial charge is 0.466 e. The van der Waals surface area contributed by atoms with Crippen LogP contribution in [0.2, 0.25) is 0 Å². The Balaban J connectivity index is 1.90. The van der Waals surface area contributed by atoms with Gasteiger partial charge >= 0.3 is 5.97 Å². The molecule has 1 heterocycles. The molecule has 0 fully saturated rings. The number of ether oxygens (including phenoxy) is 1. The van der Waals surface area contributed by atoms with E-state index < -0.39 is 5.97 Å². The van der Waals surface area contributed by atoms with Crippen LogP contribution in [0.3, 0.4) is 0 Å². The van der Waals surface area contributed by atoms with Crippen molar-refractivity contribution in [3.05, 3.63) is 47.4 Å². The van der Waals surface area contributed by atoms with Gasteiger partial charge in [-0.3, -0.25) is 4.79 Å². The Morgan fingerprint density at radius 2 is 2.05 bits per heavy atom. The summed E-state index contributed by atoms with van der Waals surface area (Å²) >= 11 is 1.58. The fourth-order valence-corrected chi connectivity index (χ4v) is 2.40. The molecular weight excluding hydrogens is 302 g/mol. The number of aryl methyl sites for hydroxylation is 2. The van der Waals surface area contributed by atoms with Crippen molar-refractivity contribution in [1.82, 2.24) is 0 Å². The van der Waals surface area contributed by atoms with Crippen LogP contribution in [0.1, 0.15) is 21.9 Å². The molecule has 0 aliphatic heterocycles. The van der Waals surface area contributed by atoms with Crippen molar-refractivity contribution >= 4 is 29.3 Å². The van der Waals surface area contributed by atoms with Crippen LogP contribution >= 0.6 is 11.8 Å². The monoisotopic (exact) mass is 319 g/mol. The first kappa shape index (κ1) is 16.2. The van der Waals surface area contributed by atoms with Crippen LogP contribution in [0, 0.1) is 13.8 Å². The summed E-state index contributed by atoms with van der Waals surface area (Å²) in [4.78, 5) is 24.7. The SMILES string of the molecule is CSc1cccc(NC(=O)COC(=O)c2cc(C)oc2C)c1. The lowest BCUT2D eigenvalue weighted by Crippen LogP contribution is -2.21. The highest BCUT2D eigenvalue weighted by atomic mass is 32.2. The predicted molar refractivity (Wildman–Crippen MR) is 85.3 cm³/mol. The lowest BCUT2D eigenvalue weighted by Gasteiger charge is -2.07. The van der Waals surface area contributed by atoms with Crippen LogP contribution in [-0.2, 0) is 9.53 Å². The summed E-state index contributed by atoms with van der Waals surface area (Å²) in [6.45, 7) is 3.08. The van der Waals surface area contributed by atoms with Crippen molar-refractivity contribution in [1.29, 1.82) is 0 Å². The summed E-state index contributed by atoms with van der Waals surface area (Å²) in [5, 5.41) is 2.69. The molecule has 0 radical (unpaired) electrons. The zero-order chi connectivity index (χ0) is 16.1. The van der Waals surface area contributed by atoms with Crippen LogP contribution in [-0.4, -0.2) is 24.7 Å². The molecule has 1 amide bonds. The first-order chi connectivity index (χ1) is 10.5. The molecule has 22 heavy (non-hydrogen) atoms. The molecule has 0 aliphatic carbocycles. The average molecular weight is 319 g/mol. The molecule has 116 valence electrons. The Morgan fingerprint density at radius 3 is 2.68 bits per heavy atom. The van der Waals surface area contributed by atoms with Gasteiger partial charge in [0.15, 0.2) is 6.61 Å². The molecule has 2 aromatic rings. The molecule has 0 saturated carbocycles. The van der Waals surface area contributed by atoms with Crippen LogP contribution in [0.5, 0.6) is 0 Å². The van der Waals surface area contributed by atoms with Gasteiger partial charge in [-0.05, 0) is 44.4 Å². The van der Waals surface area contributed by atoms with Gasteiger partial charge in [0.25, 0.3) is 5.91 Å². The Morgan fingerprint density at radius 1 is 1.27 bits per heavy atom. The maximum absolute atomic E-state index is 11.9. The number of nitrogens with one attached hydrogen (secondary N) is 1. The van der Waals surface area contributed by atoms with E-state index in [9.17, 15) is 9.59 Å². The average Bonchev–Trinajstić information content (AvgIpc) is 2.83. The van der Waals surface area contributed by atoms with E-state index in [0.717, 1.165) is 4.90 Å². The Kier molecular flexibility index (Phi) is 5.27. The van der Waals surface area contributed by atoms with Crippen molar-refractivity contribution in [2.75, 3.05) is 18.2 Å². The molecule has 5 nitrogen and oxygen atoms in total. The highest BCUT2D eigenvalue weighted by Crippen LogP contribution is 2.19. The first-order valence-corrected chi connectivity index (χ1v) is 7.90. The van der Waals surface area contributed by atoms with Gasteiger partial charge in [0, 0.05) is 10.6 Å². The van der Waals surface area contributed by atoms with Crippen LogP contribution in [0.25, 0.3) is 0 Å². The van der Waals surface area contributed by atoms with E-state index in [2.05, 4.69) is 5.32 Å². The summed E-state index contributed by atoms with van der Waals surface area (Å²) in [6.07, 6.45) is 1.96. The lowest BCUT2D eigenvalue weighted by molar-refractivity contribution is -0.119. The van der Waals surface area contributed by atoms with Crippen molar-refractivity contribution < 1.29 is 18.7 Å². The Hall–Kier alpha value is -2.21. The van der Waals surface area contributed by atoms with Crippen molar-refractivity contribution in [2.24, 2.45) is 0 Å². The van der Waals surface area contributed by atoms with Gasteiger partial charge in [0.05, 0.1) is 0 Å². The third-order valence-electron chi connectivity index (χ3n) is 2.95. The van der Waals surface area contributed by atoms with Gasteiger partial charge in [-0.1, -0.05) is 6.07 Å². The molecule has 0 bridgehead atoms. The lowest BCUT2D eigenvalue weighted by atomic mass is 10.2. The number of benzene rings is 1. The summed E-state index contributed by atoms with van der Waals surface area (Å²) in [7, 11) is 0. The molecule has 2 rings (SSSR count). The fourth-order valence-electron chi connectivity index (χ4n) is 1.94. The van der Waals surface area contributed by atoms with E-state index in [4.69, 9.17) is 9.15 Å². The van der Waals surface area contributed by atoms with Crippen LogP contribution in [0.4, 0.5) is 5.69 Å². The number of hydrogen-bond acceptors (Lipinski definition) is 5. The number of anilines is 1. The third-order valence-corrected chi connectivity index (χ3v) is 3.67. The van der Waals surface area contributed by atoms with E-state index in [1.807, 2.05) is 24.5 Å². The number of thioether (sulfide) groups is 1. The second-order valence-electron chi connectivity index (χ2n) is 4.68. The maximum atomic E-state index is 11.9. The van der Waals surface area contributed by atoms with Crippen LogP contribution in [0.15, 0.2) is 39.6 Å². The van der Waals surface area contributed by atoms with Gasteiger partial charge in [-0.2, -0.15) is 0 Å². The molecule has 1 aromatic carbocycles. The number of rotatable bonds is 5. The molecular formula is C16H17NO4S. The molecule has 1 aromatic heterocycles. The second-order valence-corrected chi connectivity index (χ2v) is 5.56. The highest BCUT2D eigenvalue weighted by Gasteiger charge is 2.16. The van der Waals surface area contributed by atoms with Gasteiger partial charge < -0.3 is 14.5 Å². The minimum atomic E-state index is -0.567. The number of hydrogen-bond donors (Lipinski definition) is 1. The van der Waals surface area contributed by atoms with Crippen molar-refractivity contribution in [3.8, 4) is 0 Å². The quantitative estimate of drug-likeness (QED) is 0.675. The minimum Gasteiger partial charge on any atom is -0.466 e. The highest BCUT2D eigenvalue weighted by molar-refractivity contribution is 7.98. The molecule has 6 heteroatoms. The van der Waals surface area contributed by atoms with Gasteiger partial charge in [-0.25, -0.2) is 4.79 Å². The van der Waals surface area contributed by atoms with E-state index in [0.29, 0.717) is 22.8 Å². The Labute approximate surface area is 133 Å². The topological polar surface area (TPSA) is 68.5 Å². The van der Waals surface area contributed by atoms with Gasteiger partial charge in [-0.15, -0.1) is 11.8 Å². The summed E-state index contributed by atoms with van der Waals surface area (Å²) in [5.74, 6) is 0.158. The number of esters is 1. The summed E-state index contributed by atoms with van der Waals surface area (Å²) in [5.41, 5.74) is 1.01. The van der Waals surface area contributed by atoms with Crippen molar-refractivity contribution in [2.45, 2.75) is 18.7 Å². The molecule has 0 spiro atoms. The van der Waals surface area contributed by atoms with E-state index >= 15 is 0 Å². The number of furan rings is 1. The smallest absolute Gasteiger partial charge is 0.342 e.